The highest BCUT2D eigenvalue weighted by molar-refractivity contribution is 5.78. The lowest BCUT2D eigenvalue weighted by atomic mass is 10.0. The molecule has 0 aromatic heterocycles. The molecule has 12 heavy (non-hydrogen) atoms. The van der Waals surface area contributed by atoms with E-state index in [-0.39, 0.29) is 11.8 Å². The lowest BCUT2D eigenvalue weighted by molar-refractivity contribution is -0.132. The number of carbonyl (C=O) groups excluding carboxylic acids is 1. The van der Waals surface area contributed by atoms with Crippen LogP contribution in [0, 0.1) is 11.8 Å². The Labute approximate surface area is 73.9 Å². The molecule has 3 heteroatoms. The van der Waals surface area contributed by atoms with Crippen LogP contribution in [0.25, 0.3) is 0 Å². The summed E-state index contributed by atoms with van der Waals surface area (Å²) in [7, 11) is 3.58. The Morgan fingerprint density at radius 1 is 1.58 bits per heavy atom. The van der Waals surface area contributed by atoms with Gasteiger partial charge in [-0.25, -0.2) is 0 Å². The largest absolute Gasteiger partial charge is 0.349 e. The Morgan fingerprint density at radius 2 is 2.17 bits per heavy atom. The summed E-state index contributed by atoms with van der Waals surface area (Å²) in [5.41, 5.74) is 5.54. The van der Waals surface area contributed by atoms with Crippen LogP contribution in [-0.2, 0) is 4.79 Å². The molecule has 0 radical (unpaired) electrons. The molecule has 0 aromatic rings. The molecule has 1 fully saturated rings. The van der Waals surface area contributed by atoms with E-state index in [1.54, 1.807) is 19.0 Å². The highest BCUT2D eigenvalue weighted by Gasteiger charge is 2.28. The molecular weight excluding hydrogens is 152 g/mol. The number of nitrogens with zero attached hydrogens (tertiary/aromatic N) is 1. The van der Waals surface area contributed by atoms with E-state index in [9.17, 15) is 4.79 Å². The van der Waals surface area contributed by atoms with Gasteiger partial charge in [0, 0.05) is 20.6 Å². The van der Waals surface area contributed by atoms with Gasteiger partial charge in [-0.1, -0.05) is 12.8 Å². The number of hydrogen-bond donors (Lipinski definition) is 1. The third kappa shape index (κ3) is 2.48. The first kappa shape index (κ1) is 9.52. The van der Waals surface area contributed by atoms with Crippen LogP contribution < -0.4 is 5.73 Å². The van der Waals surface area contributed by atoms with Gasteiger partial charge in [-0.3, -0.25) is 4.79 Å². The summed E-state index contributed by atoms with van der Waals surface area (Å²) in [6, 6.07) is 0. The molecule has 1 amide bonds. The van der Waals surface area contributed by atoms with Gasteiger partial charge < -0.3 is 10.6 Å². The number of hydrogen-bond acceptors (Lipinski definition) is 2. The van der Waals surface area contributed by atoms with Crippen LogP contribution in [0.5, 0.6) is 0 Å². The van der Waals surface area contributed by atoms with Crippen molar-refractivity contribution in [1.82, 2.24) is 4.90 Å². The second-order valence-corrected chi connectivity index (χ2v) is 3.84. The average Bonchev–Trinajstić information content (AvgIpc) is 2.82. The predicted octanol–water partition coefficient (Wildman–Crippen LogP) is 0.450. The first-order chi connectivity index (χ1) is 5.65. The van der Waals surface area contributed by atoms with E-state index < -0.39 is 0 Å². The van der Waals surface area contributed by atoms with Crippen LogP contribution in [0.3, 0.4) is 0 Å². The Morgan fingerprint density at radius 3 is 2.50 bits per heavy atom. The van der Waals surface area contributed by atoms with Crippen molar-refractivity contribution >= 4 is 5.91 Å². The average molecular weight is 170 g/mol. The third-order valence-corrected chi connectivity index (χ3v) is 2.39. The summed E-state index contributed by atoms with van der Waals surface area (Å²) >= 11 is 0. The highest BCUT2D eigenvalue weighted by Crippen LogP contribution is 2.35. The zero-order chi connectivity index (χ0) is 9.14. The van der Waals surface area contributed by atoms with Gasteiger partial charge in [0.15, 0.2) is 0 Å². The van der Waals surface area contributed by atoms with Crippen LogP contribution in [0.1, 0.15) is 19.3 Å². The van der Waals surface area contributed by atoms with Gasteiger partial charge in [-0.2, -0.15) is 0 Å². The first-order valence-corrected chi connectivity index (χ1v) is 4.56. The van der Waals surface area contributed by atoms with Crippen molar-refractivity contribution in [1.29, 1.82) is 0 Å². The highest BCUT2D eigenvalue weighted by atomic mass is 16.2. The van der Waals surface area contributed by atoms with Gasteiger partial charge in [0.2, 0.25) is 5.91 Å². The van der Waals surface area contributed by atoms with Gasteiger partial charge in [0.1, 0.15) is 0 Å². The third-order valence-electron chi connectivity index (χ3n) is 2.39. The van der Waals surface area contributed by atoms with Crippen LogP contribution in [0.15, 0.2) is 0 Å². The van der Waals surface area contributed by atoms with Crippen LogP contribution in [0.4, 0.5) is 0 Å². The number of rotatable bonds is 4. The van der Waals surface area contributed by atoms with Crippen molar-refractivity contribution in [3.8, 4) is 0 Å². The van der Waals surface area contributed by atoms with E-state index in [0.29, 0.717) is 6.54 Å². The summed E-state index contributed by atoms with van der Waals surface area (Å²) in [5, 5.41) is 0. The van der Waals surface area contributed by atoms with Gasteiger partial charge >= 0.3 is 0 Å². The van der Waals surface area contributed by atoms with Crippen molar-refractivity contribution < 1.29 is 4.79 Å². The second kappa shape index (κ2) is 3.90. The minimum absolute atomic E-state index is 0.0625. The SMILES string of the molecule is CN(C)C(=O)C(CN)CC1CC1. The van der Waals surface area contributed by atoms with Gasteiger partial charge in [0.25, 0.3) is 0 Å². The fourth-order valence-electron chi connectivity index (χ4n) is 1.42. The Balaban J connectivity index is 2.36. The molecule has 0 aliphatic heterocycles. The molecule has 2 N–H and O–H groups in total. The molecule has 0 heterocycles. The topological polar surface area (TPSA) is 46.3 Å². The predicted molar refractivity (Wildman–Crippen MR) is 48.6 cm³/mol. The second-order valence-electron chi connectivity index (χ2n) is 3.84. The monoisotopic (exact) mass is 170 g/mol. The molecule has 1 rings (SSSR count). The molecule has 1 unspecified atom stereocenters. The molecule has 3 nitrogen and oxygen atoms in total. The van der Waals surface area contributed by atoms with E-state index in [2.05, 4.69) is 0 Å². The van der Waals surface area contributed by atoms with Gasteiger partial charge in [0.05, 0.1) is 5.92 Å². The lowest BCUT2D eigenvalue weighted by Crippen LogP contribution is -2.34. The van der Waals surface area contributed by atoms with E-state index in [1.807, 2.05) is 0 Å². The molecule has 1 atom stereocenters. The Bertz CT molecular complexity index is 164. The fourth-order valence-corrected chi connectivity index (χ4v) is 1.42. The van der Waals surface area contributed by atoms with E-state index in [0.717, 1.165) is 12.3 Å². The summed E-state index contributed by atoms with van der Waals surface area (Å²) in [4.78, 5) is 13.1. The maximum absolute atomic E-state index is 11.5. The molecule has 1 aliphatic rings. The maximum Gasteiger partial charge on any atom is 0.226 e. The lowest BCUT2D eigenvalue weighted by Gasteiger charge is -2.18. The van der Waals surface area contributed by atoms with Crippen molar-refractivity contribution in [2.75, 3.05) is 20.6 Å². The van der Waals surface area contributed by atoms with Crippen molar-refractivity contribution in [2.24, 2.45) is 17.6 Å². The molecule has 0 saturated heterocycles. The molecule has 1 aliphatic carbocycles. The minimum atomic E-state index is 0.0625. The van der Waals surface area contributed by atoms with Crippen molar-refractivity contribution in [3.05, 3.63) is 0 Å². The molecule has 0 aromatic carbocycles. The molecule has 70 valence electrons. The Hall–Kier alpha value is -0.570. The maximum atomic E-state index is 11.5. The van der Waals surface area contributed by atoms with Crippen LogP contribution in [-0.4, -0.2) is 31.4 Å². The smallest absolute Gasteiger partial charge is 0.226 e. The summed E-state index contributed by atoms with van der Waals surface area (Å²) in [6.07, 6.45) is 3.57. The normalized spacial score (nSPS) is 18.9. The number of amides is 1. The minimum Gasteiger partial charge on any atom is -0.349 e. The zero-order valence-corrected chi connectivity index (χ0v) is 7.92. The molecule has 0 spiro atoms. The first-order valence-electron chi connectivity index (χ1n) is 4.56. The molecule has 1 saturated carbocycles. The zero-order valence-electron chi connectivity index (χ0n) is 7.92. The van der Waals surface area contributed by atoms with Gasteiger partial charge in [-0.15, -0.1) is 0 Å². The summed E-state index contributed by atoms with van der Waals surface area (Å²) < 4.78 is 0. The van der Waals surface area contributed by atoms with E-state index in [1.165, 1.54) is 12.8 Å². The summed E-state index contributed by atoms with van der Waals surface area (Å²) in [5.74, 6) is 1.03. The Kier molecular flexibility index (Phi) is 3.09. The fraction of sp³-hybridized carbons (Fsp3) is 0.889. The molecule has 0 bridgehead atoms. The van der Waals surface area contributed by atoms with Crippen molar-refractivity contribution in [3.63, 3.8) is 0 Å². The molecular formula is C9H18N2O. The van der Waals surface area contributed by atoms with Crippen molar-refractivity contribution in [2.45, 2.75) is 19.3 Å². The number of nitrogens with two attached hydrogens (primary N) is 1. The van der Waals surface area contributed by atoms with Gasteiger partial charge in [-0.05, 0) is 12.3 Å². The van der Waals surface area contributed by atoms with E-state index >= 15 is 0 Å². The number of carbonyl (C=O) groups is 1. The van der Waals surface area contributed by atoms with Crippen LogP contribution in [0.2, 0.25) is 0 Å². The van der Waals surface area contributed by atoms with E-state index in [4.69, 9.17) is 5.73 Å². The van der Waals surface area contributed by atoms with Crippen LogP contribution >= 0.6 is 0 Å². The standard InChI is InChI=1S/C9H18N2O/c1-11(2)9(12)8(6-10)5-7-3-4-7/h7-8H,3-6,10H2,1-2H3. The summed E-state index contributed by atoms with van der Waals surface area (Å²) in [6.45, 7) is 0.494. The quantitative estimate of drug-likeness (QED) is 0.666.